The Morgan fingerprint density at radius 3 is 2.67 bits per heavy atom. The number of nitrogens with zero attached hydrogens (tertiary/aromatic N) is 1. The molecular formula is C14H24N2O2. The summed E-state index contributed by atoms with van der Waals surface area (Å²) in [6.07, 6.45) is 2.86. The summed E-state index contributed by atoms with van der Waals surface area (Å²) < 4.78 is 10.5. The van der Waals surface area contributed by atoms with Crippen molar-refractivity contribution in [2.75, 3.05) is 20.8 Å². The molecule has 0 fully saturated rings. The fourth-order valence-electron chi connectivity index (χ4n) is 1.92. The van der Waals surface area contributed by atoms with Gasteiger partial charge in [0.05, 0.1) is 12.8 Å². The van der Waals surface area contributed by atoms with Crippen LogP contribution < -0.4 is 10.1 Å². The average molecular weight is 252 g/mol. The number of nitrogens with one attached hydrogen (secondary N) is 1. The lowest BCUT2D eigenvalue weighted by Crippen LogP contribution is -2.27. The van der Waals surface area contributed by atoms with Crippen molar-refractivity contribution in [1.29, 1.82) is 0 Å². The Hall–Kier alpha value is -1.13. The molecule has 4 heteroatoms. The van der Waals surface area contributed by atoms with Crippen LogP contribution in [0.25, 0.3) is 0 Å². The molecule has 0 aliphatic rings. The van der Waals surface area contributed by atoms with Gasteiger partial charge in [0.25, 0.3) is 0 Å². The highest BCUT2D eigenvalue weighted by molar-refractivity contribution is 5.40. The Morgan fingerprint density at radius 2 is 2.06 bits per heavy atom. The topological polar surface area (TPSA) is 43.4 Å². The third kappa shape index (κ3) is 3.96. The van der Waals surface area contributed by atoms with Crippen molar-refractivity contribution in [3.63, 3.8) is 0 Å². The van der Waals surface area contributed by atoms with Crippen molar-refractivity contribution in [1.82, 2.24) is 10.3 Å². The maximum absolute atomic E-state index is 5.40. The van der Waals surface area contributed by atoms with Gasteiger partial charge in [0.2, 0.25) is 0 Å². The zero-order valence-electron chi connectivity index (χ0n) is 12.0. The molecule has 0 spiro atoms. The van der Waals surface area contributed by atoms with E-state index in [0.717, 1.165) is 42.1 Å². The fourth-order valence-corrected chi connectivity index (χ4v) is 1.92. The van der Waals surface area contributed by atoms with Gasteiger partial charge in [0.15, 0.2) is 0 Å². The number of aromatic nitrogens is 1. The van der Waals surface area contributed by atoms with Gasteiger partial charge in [0, 0.05) is 43.6 Å². The first kappa shape index (κ1) is 14.9. The summed E-state index contributed by atoms with van der Waals surface area (Å²) in [5, 5.41) is 3.45. The van der Waals surface area contributed by atoms with E-state index in [1.807, 2.05) is 13.1 Å². The first-order valence-electron chi connectivity index (χ1n) is 6.31. The number of hydrogen-bond acceptors (Lipinski definition) is 4. The zero-order chi connectivity index (χ0) is 13.5. The molecule has 1 unspecified atom stereocenters. The van der Waals surface area contributed by atoms with E-state index in [4.69, 9.17) is 9.47 Å². The molecule has 0 amide bonds. The highest BCUT2D eigenvalue weighted by Crippen LogP contribution is 2.23. The van der Waals surface area contributed by atoms with Gasteiger partial charge in [-0.2, -0.15) is 0 Å². The second kappa shape index (κ2) is 7.34. The molecule has 102 valence electrons. The van der Waals surface area contributed by atoms with Gasteiger partial charge in [-0.3, -0.25) is 4.98 Å². The molecule has 0 saturated heterocycles. The van der Waals surface area contributed by atoms with Crippen molar-refractivity contribution in [3.8, 4) is 5.75 Å². The fraction of sp³-hybridized carbons (Fsp3) is 0.643. The quantitative estimate of drug-likeness (QED) is 0.808. The highest BCUT2D eigenvalue weighted by atomic mass is 16.5. The van der Waals surface area contributed by atoms with E-state index >= 15 is 0 Å². The smallest absolute Gasteiger partial charge is 0.128 e. The van der Waals surface area contributed by atoms with Crippen LogP contribution in [0.2, 0.25) is 0 Å². The Labute approximate surface area is 110 Å². The summed E-state index contributed by atoms with van der Waals surface area (Å²) in [5.41, 5.74) is 3.23. The van der Waals surface area contributed by atoms with E-state index < -0.39 is 0 Å². The molecule has 0 aliphatic carbocycles. The van der Waals surface area contributed by atoms with Crippen LogP contribution in [0, 0.1) is 13.8 Å². The second-order valence-corrected chi connectivity index (χ2v) is 4.61. The van der Waals surface area contributed by atoms with Gasteiger partial charge < -0.3 is 14.8 Å². The predicted molar refractivity (Wildman–Crippen MR) is 73.1 cm³/mol. The van der Waals surface area contributed by atoms with Crippen molar-refractivity contribution in [3.05, 3.63) is 23.0 Å². The van der Waals surface area contributed by atoms with Crippen LogP contribution in [0.1, 0.15) is 30.2 Å². The van der Waals surface area contributed by atoms with Crippen LogP contribution in [0.5, 0.6) is 5.75 Å². The molecule has 4 nitrogen and oxygen atoms in total. The number of hydrogen-bond donors (Lipinski definition) is 1. The largest absolute Gasteiger partial charge is 0.496 e. The molecule has 1 atom stereocenters. The summed E-state index contributed by atoms with van der Waals surface area (Å²) in [7, 11) is 3.43. The lowest BCUT2D eigenvalue weighted by Gasteiger charge is -2.16. The number of aryl methyl sites for hydroxylation is 1. The molecule has 1 aromatic rings. The van der Waals surface area contributed by atoms with Crippen molar-refractivity contribution in [2.24, 2.45) is 0 Å². The molecular weight excluding hydrogens is 228 g/mol. The number of rotatable bonds is 7. The van der Waals surface area contributed by atoms with Gasteiger partial charge in [-0.25, -0.2) is 0 Å². The summed E-state index contributed by atoms with van der Waals surface area (Å²) in [6, 6.07) is 0.415. The summed E-state index contributed by atoms with van der Waals surface area (Å²) in [6.45, 7) is 7.75. The minimum Gasteiger partial charge on any atom is -0.496 e. The van der Waals surface area contributed by atoms with Crippen molar-refractivity contribution < 1.29 is 9.47 Å². The van der Waals surface area contributed by atoms with Crippen LogP contribution in [0.3, 0.4) is 0 Å². The van der Waals surface area contributed by atoms with Crippen LogP contribution in [0.15, 0.2) is 6.20 Å². The first-order valence-corrected chi connectivity index (χ1v) is 6.31. The van der Waals surface area contributed by atoms with E-state index in [2.05, 4.69) is 24.1 Å². The lowest BCUT2D eigenvalue weighted by atomic mass is 10.1. The monoisotopic (exact) mass is 252 g/mol. The van der Waals surface area contributed by atoms with Crippen molar-refractivity contribution >= 4 is 0 Å². The number of methoxy groups -OCH3 is 2. The summed E-state index contributed by atoms with van der Waals surface area (Å²) in [5.74, 6) is 0.936. The summed E-state index contributed by atoms with van der Waals surface area (Å²) in [4.78, 5) is 4.46. The molecule has 0 radical (unpaired) electrons. The molecule has 0 aliphatic heterocycles. The zero-order valence-corrected chi connectivity index (χ0v) is 12.0. The van der Waals surface area contributed by atoms with Gasteiger partial charge >= 0.3 is 0 Å². The average Bonchev–Trinajstić information content (AvgIpc) is 2.36. The molecule has 0 aromatic carbocycles. The number of ether oxygens (including phenoxy) is 2. The van der Waals surface area contributed by atoms with E-state index in [1.54, 1.807) is 14.2 Å². The minimum atomic E-state index is 0.415. The molecule has 1 aromatic heterocycles. The maximum Gasteiger partial charge on any atom is 0.128 e. The highest BCUT2D eigenvalue weighted by Gasteiger charge is 2.10. The Bertz CT molecular complexity index is 380. The third-order valence-electron chi connectivity index (χ3n) is 3.12. The van der Waals surface area contributed by atoms with Gasteiger partial charge in [-0.1, -0.05) is 0 Å². The molecule has 0 bridgehead atoms. The maximum atomic E-state index is 5.40. The van der Waals surface area contributed by atoms with Crippen molar-refractivity contribution in [2.45, 2.75) is 39.8 Å². The molecule has 1 N–H and O–H groups in total. The number of pyridine rings is 1. The Morgan fingerprint density at radius 1 is 1.33 bits per heavy atom. The normalized spacial score (nSPS) is 12.5. The molecule has 18 heavy (non-hydrogen) atoms. The summed E-state index contributed by atoms with van der Waals surface area (Å²) >= 11 is 0. The van der Waals surface area contributed by atoms with E-state index in [1.165, 1.54) is 0 Å². The lowest BCUT2D eigenvalue weighted by molar-refractivity contribution is 0.184. The van der Waals surface area contributed by atoms with Crippen LogP contribution in [-0.2, 0) is 11.3 Å². The third-order valence-corrected chi connectivity index (χ3v) is 3.12. The second-order valence-electron chi connectivity index (χ2n) is 4.61. The van der Waals surface area contributed by atoms with Gasteiger partial charge in [-0.15, -0.1) is 0 Å². The predicted octanol–water partition coefficient (Wildman–Crippen LogP) is 2.22. The van der Waals surface area contributed by atoms with Gasteiger partial charge in [0.1, 0.15) is 5.75 Å². The Balaban J connectivity index is 2.62. The van der Waals surface area contributed by atoms with E-state index in [9.17, 15) is 0 Å². The van der Waals surface area contributed by atoms with Crippen LogP contribution in [0.4, 0.5) is 0 Å². The van der Waals surface area contributed by atoms with Crippen LogP contribution in [-0.4, -0.2) is 31.9 Å². The molecule has 1 rings (SSSR count). The minimum absolute atomic E-state index is 0.415. The standard InChI is InChI=1S/C14H24N2O2/c1-10-8-16-13(12(3)14(10)18-5)9-15-11(2)6-7-17-4/h8,11,15H,6-7,9H2,1-5H3. The molecule has 1 heterocycles. The van der Waals surface area contributed by atoms with Crippen LogP contribution >= 0.6 is 0 Å². The van der Waals surface area contributed by atoms with E-state index in [-0.39, 0.29) is 0 Å². The molecule has 0 saturated carbocycles. The van der Waals surface area contributed by atoms with Gasteiger partial charge in [-0.05, 0) is 27.2 Å². The first-order chi connectivity index (χ1) is 8.60. The van der Waals surface area contributed by atoms with E-state index in [0.29, 0.717) is 6.04 Å². The Kier molecular flexibility index (Phi) is 6.09. The SMILES string of the molecule is COCCC(C)NCc1ncc(C)c(OC)c1C.